The number of hydrazine groups is 1. The first-order chi connectivity index (χ1) is 4.68. The Morgan fingerprint density at radius 1 is 1.80 bits per heavy atom. The van der Waals surface area contributed by atoms with Gasteiger partial charge in [0.1, 0.15) is 0 Å². The molecule has 10 heavy (non-hydrogen) atoms. The van der Waals surface area contributed by atoms with E-state index in [4.69, 9.17) is 0 Å². The van der Waals surface area contributed by atoms with Crippen LogP contribution in [0, 0.1) is 0 Å². The van der Waals surface area contributed by atoms with Crippen molar-refractivity contribution in [1.29, 1.82) is 0 Å². The van der Waals surface area contributed by atoms with E-state index < -0.39 is 0 Å². The van der Waals surface area contributed by atoms with Gasteiger partial charge in [0.2, 0.25) is 5.91 Å². The third-order valence-electron chi connectivity index (χ3n) is 1.51. The van der Waals surface area contributed by atoms with Gasteiger partial charge in [-0.05, 0) is 0 Å². The normalized spacial score (nSPS) is 26.8. The summed E-state index contributed by atoms with van der Waals surface area (Å²) in [5.74, 6) is 0.0436. The third kappa shape index (κ3) is 1.97. The minimum Gasteiger partial charge on any atom is -0.351 e. The number of carbonyl (C=O) groups excluding carboxylic acids is 1. The van der Waals surface area contributed by atoms with Crippen molar-refractivity contribution in [2.45, 2.75) is 13.0 Å². The Balaban J connectivity index is 2.24. The van der Waals surface area contributed by atoms with Crippen molar-refractivity contribution < 1.29 is 4.79 Å². The molecule has 1 heterocycles. The van der Waals surface area contributed by atoms with Crippen LogP contribution < -0.4 is 10.7 Å². The topological polar surface area (TPSA) is 44.4 Å². The van der Waals surface area contributed by atoms with Crippen LogP contribution in [0.15, 0.2) is 0 Å². The highest BCUT2D eigenvalue weighted by molar-refractivity contribution is 5.73. The van der Waals surface area contributed by atoms with Gasteiger partial charge in [0.15, 0.2) is 0 Å². The minimum atomic E-state index is 0.0436. The first-order valence-electron chi connectivity index (χ1n) is 3.40. The highest BCUT2D eigenvalue weighted by Gasteiger charge is 2.18. The van der Waals surface area contributed by atoms with Gasteiger partial charge in [-0.15, -0.1) is 0 Å². The summed E-state index contributed by atoms with van der Waals surface area (Å²) >= 11 is 0. The van der Waals surface area contributed by atoms with Crippen molar-refractivity contribution in [3.8, 4) is 0 Å². The first-order valence-corrected chi connectivity index (χ1v) is 3.40. The summed E-state index contributed by atoms with van der Waals surface area (Å²) in [4.78, 5) is 10.5. The fourth-order valence-electron chi connectivity index (χ4n) is 1.11. The van der Waals surface area contributed by atoms with Crippen LogP contribution in [0.2, 0.25) is 0 Å². The Hall–Kier alpha value is -0.610. The number of nitrogens with one attached hydrogen (secondary N) is 2. The summed E-state index contributed by atoms with van der Waals surface area (Å²) in [6.45, 7) is 3.27. The van der Waals surface area contributed by atoms with Gasteiger partial charge in [0, 0.05) is 27.1 Å². The molecule has 0 aliphatic carbocycles. The molecule has 2 N–H and O–H groups in total. The molecule has 4 nitrogen and oxygen atoms in total. The lowest BCUT2D eigenvalue weighted by atomic mass is 10.3. The predicted octanol–water partition coefficient (Wildman–Crippen LogP) is -1.06. The first kappa shape index (κ1) is 7.50. The Kier molecular flexibility index (Phi) is 2.24. The monoisotopic (exact) mass is 143 g/mol. The van der Waals surface area contributed by atoms with Gasteiger partial charge >= 0.3 is 0 Å². The molecule has 58 valence electrons. The smallest absolute Gasteiger partial charge is 0.217 e. The fourth-order valence-corrected chi connectivity index (χ4v) is 1.11. The quantitative estimate of drug-likeness (QED) is 0.492. The molecule has 0 aromatic rings. The number of amides is 1. The molecule has 4 heteroatoms. The van der Waals surface area contributed by atoms with E-state index in [1.54, 1.807) is 6.92 Å². The van der Waals surface area contributed by atoms with Crippen molar-refractivity contribution in [3.05, 3.63) is 0 Å². The van der Waals surface area contributed by atoms with E-state index in [0.29, 0.717) is 0 Å². The van der Waals surface area contributed by atoms with Crippen molar-refractivity contribution in [1.82, 2.24) is 15.8 Å². The number of rotatable bonds is 1. The maximum absolute atomic E-state index is 10.5. The molecular weight excluding hydrogens is 130 g/mol. The van der Waals surface area contributed by atoms with E-state index in [2.05, 4.69) is 10.7 Å². The molecule has 1 saturated heterocycles. The van der Waals surface area contributed by atoms with Gasteiger partial charge in [0.05, 0.1) is 6.04 Å². The van der Waals surface area contributed by atoms with Gasteiger partial charge in [-0.2, -0.15) is 0 Å². The lowest BCUT2D eigenvalue weighted by Gasteiger charge is -2.08. The zero-order chi connectivity index (χ0) is 7.56. The van der Waals surface area contributed by atoms with Crippen molar-refractivity contribution in [2.75, 3.05) is 20.1 Å². The summed E-state index contributed by atoms with van der Waals surface area (Å²) in [5.41, 5.74) is 3.09. The Bertz CT molecular complexity index is 137. The molecular formula is C6H13N3O. The van der Waals surface area contributed by atoms with E-state index >= 15 is 0 Å². The molecule has 1 atom stereocenters. The second-order valence-electron chi connectivity index (χ2n) is 2.64. The molecule has 1 rings (SSSR count). The van der Waals surface area contributed by atoms with Gasteiger partial charge < -0.3 is 5.32 Å². The summed E-state index contributed by atoms with van der Waals surface area (Å²) in [6.07, 6.45) is 0. The largest absolute Gasteiger partial charge is 0.351 e. The predicted molar refractivity (Wildman–Crippen MR) is 38.2 cm³/mol. The average Bonchev–Trinajstić information content (AvgIpc) is 2.13. The standard InChI is InChI=1S/C6H13N3O/c1-5(10)8-6-3-7-9(2)4-6/h6-7H,3-4H2,1-2H3,(H,8,10). The fraction of sp³-hybridized carbons (Fsp3) is 0.833. The van der Waals surface area contributed by atoms with Gasteiger partial charge in [-0.3, -0.25) is 10.2 Å². The third-order valence-corrected chi connectivity index (χ3v) is 1.51. The molecule has 0 radical (unpaired) electrons. The Morgan fingerprint density at radius 3 is 2.90 bits per heavy atom. The van der Waals surface area contributed by atoms with Crippen LogP contribution in [0.3, 0.4) is 0 Å². The van der Waals surface area contributed by atoms with E-state index in [1.165, 1.54) is 0 Å². The SMILES string of the molecule is CC(=O)NC1CNN(C)C1. The molecule has 0 aromatic heterocycles. The van der Waals surface area contributed by atoms with Crippen LogP contribution in [-0.2, 0) is 4.79 Å². The number of hydrogen-bond acceptors (Lipinski definition) is 3. The second kappa shape index (κ2) is 2.98. The van der Waals surface area contributed by atoms with Crippen molar-refractivity contribution in [3.63, 3.8) is 0 Å². The van der Waals surface area contributed by atoms with Crippen molar-refractivity contribution in [2.24, 2.45) is 0 Å². The summed E-state index contributed by atoms with van der Waals surface area (Å²) in [7, 11) is 1.96. The van der Waals surface area contributed by atoms with E-state index in [0.717, 1.165) is 13.1 Å². The minimum absolute atomic E-state index is 0.0436. The van der Waals surface area contributed by atoms with E-state index in [1.807, 2.05) is 12.1 Å². The van der Waals surface area contributed by atoms with Crippen LogP contribution >= 0.6 is 0 Å². The highest BCUT2D eigenvalue weighted by atomic mass is 16.1. The van der Waals surface area contributed by atoms with E-state index in [-0.39, 0.29) is 11.9 Å². The Labute approximate surface area is 60.5 Å². The summed E-state index contributed by atoms with van der Waals surface area (Å²) in [5, 5.41) is 4.80. The number of carbonyl (C=O) groups is 1. The maximum Gasteiger partial charge on any atom is 0.217 e. The van der Waals surface area contributed by atoms with Crippen LogP contribution in [0.4, 0.5) is 0 Å². The van der Waals surface area contributed by atoms with Crippen LogP contribution in [0.1, 0.15) is 6.92 Å². The molecule has 0 spiro atoms. The molecule has 0 saturated carbocycles. The molecule has 1 aliphatic heterocycles. The van der Waals surface area contributed by atoms with Gasteiger partial charge in [0.25, 0.3) is 0 Å². The second-order valence-corrected chi connectivity index (χ2v) is 2.64. The molecule has 0 bridgehead atoms. The molecule has 1 amide bonds. The lowest BCUT2D eigenvalue weighted by Crippen LogP contribution is -2.36. The molecule has 1 fully saturated rings. The average molecular weight is 143 g/mol. The number of hydrogen-bond donors (Lipinski definition) is 2. The summed E-state index contributed by atoms with van der Waals surface area (Å²) in [6, 6.07) is 0.280. The molecule has 1 unspecified atom stereocenters. The van der Waals surface area contributed by atoms with Crippen LogP contribution in [-0.4, -0.2) is 37.1 Å². The van der Waals surface area contributed by atoms with Crippen LogP contribution in [0.5, 0.6) is 0 Å². The summed E-state index contributed by atoms with van der Waals surface area (Å²) < 4.78 is 0. The number of likely N-dealkylation sites (N-methyl/N-ethyl adjacent to an activating group) is 1. The van der Waals surface area contributed by atoms with E-state index in [9.17, 15) is 4.79 Å². The van der Waals surface area contributed by atoms with Crippen molar-refractivity contribution >= 4 is 5.91 Å². The highest BCUT2D eigenvalue weighted by Crippen LogP contribution is 1.93. The zero-order valence-electron chi connectivity index (χ0n) is 6.35. The van der Waals surface area contributed by atoms with Crippen LogP contribution in [0.25, 0.3) is 0 Å². The lowest BCUT2D eigenvalue weighted by molar-refractivity contribution is -0.119. The Morgan fingerprint density at radius 2 is 2.50 bits per heavy atom. The van der Waals surface area contributed by atoms with Gasteiger partial charge in [-0.1, -0.05) is 0 Å². The zero-order valence-corrected chi connectivity index (χ0v) is 6.35. The van der Waals surface area contributed by atoms with Gasteiger partial charge in [-0.25, -0.2) is 5.01 Å². The number of nitrogens with zero attached hydrogens (tertiary/aromatic N) is 1. The molecule has 0 aromatic carbocycles. The molecule has 1 aliphatic rings. The maximum atomic E-state index is 10.5.